The Morgan fingerprint density at radius 1 is 1.19 bits per heavy atom. The van der Waals surface area contributed by atoms with Gasteiger partial charge in [-0.05, 0) is 37.8 Å². The maximum atomic E-state index is 12.7. The second-order valence-electron chi connectivity index (χ2n) is 8.01. The van der Waals surface area contributed by atoms with Crippen molar-refractivity contribution >= 4 is 45.9 Å². The fraction of sp³-hybridized carbons (Fsp3) is 0.409. The summed E-state index contributed by atoms with van der Waals surface area (Å²) < 4.78 is 2.48. The van der Waals surface area contributed by atoms with E-state index in [-0.39, 0.29) is 23.6 Å². The Kier molecular flexibility index (Phi) is 5.97. The molecule has 2 amide bonds. The van der Waals surface area contributed by atoms with E-state index in [0.29, 0.717) is 27.6 Å². The molecule has 2 aliphatic rings. The normalized spacial score (nSPS) is 15.5. The lowest BCUT2D eigenvalue weighted by Crippen LogP contribution is -2.32. The maximum absolute atomic E-state index is 12.7. The second-order valence-corrected chi connectivity index (χ2v) is 10.2. The highest BCUT2D eigenvalue weighted by Crippen LogP contribution is 2.40. The van der Waals surface area contributed by atoms with Crippen molar-refractivity contribution in [3.05, 3.63) is 42.1 Å². The Hall–Kier alpha value is -2.72. The van der Waals surface area contributed by atoms with Crippen molar-refractivity contribution in [3.63, 3.8) is 0 Å². The van der Waals surface area contributed by atoms with Gasteiger partial charge in [-0.2, -0.15) is 5.10 Å². The topological polar surface area (TPSA) is 93.0 Å². The highest BCUT2D eigenvalue weighted by Gasteiger charge is 2.35. The van der Waals surface area contributed by atoms with Crippen LogP contribution in [-0.4, -0.2) is 43.6 Å². The second kappa shape index (κ2) is 9.03. The van der Waals surface area contributed by atoms with Crippen LogP contribution in [0.15, 0.2) is 40.7 Å². The molecule has 0 saturated heterocycles. The number of hydrogen-bond acceptors (Lipinski definition) is 7. The Morgan fingerprint density at radius 2 is 1.97 bits per heavy atom. The summed E-state index contributed by atoms with van der Waals surface area (Å²) in [4.78, 5) is 26.7. The molecule has 166 valence electrons. The van der Waals surface area contributed by atoms with Crippen molar-refractivity contribution in [2.24, 2.45) is 0 Å². The van der Waals surface area contributed by atoms with Crippen molar-refractivity contribution in [3.8, 4) is 5.69 Å². The first-order valence-electron chi connectivity index (χ1n) is 10.9. The monoisotopic (exact) mass is 468 g/mol. The molecule has 0 unspecified atom stereocenters. The van der Waals surface area contributed by atoms with E-state index in [9.17, 15) is 9.59 Å². The first kappa shape index (κ1) is 21.1. The third-order valence-corrected chi connectivity index (χ3v) is 7.46. The summed E-state index contributed by atoms with van der Waals surface area (Å²) in [6, 6.07) is 12.0. The van der Waals surface area contributed by atoms with Gasteiger partial charge in [0.1, 0.15) is 5.82 Å². The van der Waals surface area contributed by atoms with Gasteiger partial charge in [-0.15, -0.1) is 10.2 Å². The lowest BCUT2D eigenvalue weighted by atomic mass is 10.3. The van der Waals surface area contributed by atoms with Gasteiger partial charge in [-0.3, -0.25) is 14.5 Å². The molecule has 2 aliphatic carbocycles. The molecule has 1 aromatic carbocycles. The lowest BCUT2D eigenvalue weighted by molar-refractivity contribution is -0.118. The summed E-state index contributed by atoms with van der Waals surface area (Å²) in [5.41, 5.74) is 1.93. The van der Waals surface area contributed by atoms with Crippen LogP contribution in [-0.2, 0) is 9.59 Å². The van der Waals surface area contributed by atoms with Gasteiger partial charge >= 0.3 is 0 Å². The smallest absolute Gasteiger partial charge is 0.235 e. The molecule has 8 nitrogen and oxygen atoms in total. The highest BCUT2D eigenvalue weighted by atomic mass is 32.2. The van der Waals surface area contributed by atoms with Crippen molar-refractivity contribution in [1.82, 2.24) is 20.0 Å². The van der Waals surface area contributed by atoms with Gasteiger partial charge in [-0.25, -0.2) is 4.68 Å². The summed E-state index contributed by atoms with van der Waals surface area (Å²) in [6.07, 6.45) is 4.75. The van der Waals surface area contributed by atoms with Crippen LogP contribution < -0.4 is 10.2 Å². The number of carbonyl (C=O) groups excluding carboxylic acids is 2. The van der Waals surface area contributed by atoms with E-state index in [1.807, 2.05) is 43.3 Å². The van der Waals surface area contributed by atoms with Crippen LogP contribution in [0.5, 0.6) is 0 Å². The van der Waals surface area contributed by atoms with Crippen LogP contribution in [0, 0.1) is 0 Å². The number of anilines is 2. The zero-order valence-electron chi connectivity index (χ0n) is 17.7. The molecule has 0 radical (unpaired) electrons. The van der Waals surface area contributed by atoms with E-state index >= 15 is 0 Å². The van der Waals surface area contributed by atoms with Crippen molar-refractivity contribution in [2.45, 2.75) is 55.3 Å². The van der Waals surface area contributed by atoms with Gasteiger partial charge in [-0.1, -0.05) is 48.2 Å². The molecular weight excluding hydrogens is 444 g/mol. The average molecular weight is 469 g/mol. The number of para-hydroxylation sites is 1. The number of benzene rings is 1. The van der Waals surface area contributed by atoms with Gasteiger partial charge in [0.15, 0.2) is 4.34 Å². The molecule has 0 spiro atoms. The fourth-order valence-corrected chi connectivity index (χ4v) is 5.20. The van der Waals surface area contributed by atoms with E-state index in [1.165, 1.54) is 23.1 Å². The highest BCUT2D eigenvalue weighted by molar-refractivity contribution is 8.01. The largest absolute Gasteiger partial charge is 0.310 e. The summed E-state index contributed by atoms with van der Waals surface area (Å²) in [5, 5.41) is 16.7. The summed E-state index contributed by atoms with van der Waals surface area (Å²) in [5.74, 6) is 1.31. The molecular formula is C22H24N6O2S2. The van der Waals surface area contributed by atoms with Gasteiger partial charge < -0.3 is 5.32 Å². The third-order valence-electron chi connectivity index (χ3n) is 5.40. The predicted octanol–water partition coefficient (Wildman–Crippen LogP) is 4.24. The van der Waals surface area contributed by atoms with Crippen molar-refractivity contribution < 1.29 is 9.59 Å². The van der Waals surface area contributed by atoms with Gasteiger partial charge in [0.05, 0.1) is 17.1 Å². The first-order valence-corrected chi connectivity index (χ1v) is 12.7. The summed E-state index contributed by atoms with van der Waals surface area (Å²) in [6.45, 7) is 1.85. The SMILES string of the molecule is CCC(=O)N(c1nnc(SCC(=O)Nc2cc(C3CC3)nn2-c2ccccc2)s1)C1CC1. The van der Waals surface area contributed by atoms with Gasteiger partial charge in [0.25, 0.3) is 0 Å². The number of thioether (sulfide) groups is 1. The van der Waals surface area contributed by atoms with E-state index in [1.54, 1.807) is 9.58 Å². The fourth-order valence-electron chi connectivity index (χ4n) is 3.47. The Balaban J connectivity index is 1.24. The molecule has 0 bridgehead atoms. The first-order chi connectivity index (χ1) is 15.6. The van der Waals surface area contributed by atoms with Crippen LogP contribution >= 0.6 is 23.1 Å². The van der Waals surface area contributed by atoms with Crippen LogP contribution in [0.4, 0.5) is 10.9 Å². The van der Waals surface area contributed by atoms with Crippen molar-refractivity contribution in [1.29, 1.82) is 0 Å². The summed E-state index contributed by atoms with van der Waals surface area (Å²) >= 11 is 2.70. The van der Waals surface area contributed by atoms with Gasteiger partial charge in [0, 0.05) is 24.4 Å². The number of rotatable bonds is 9. The van der Waals surface area contributed by atoms with E-state index in [2.05, 4.69) is 15.5 Å². The molecule has 10 heteroatoms. The molecule has 2 fully saturated rings. The summed E-state index contributed by atoms with van der Waals surface area (Å²) in [7, 11) is 0. The Labute approximate surface area is 194 Å². The standard InChI is InChI=1S/C22H24N6O2S2/c1-2-20(30)27(15-10-11-15)21-24-25-22(32-21)31-13-19(29)23-18-12-17(14-8-9-14)26-28(18)16-6-4-3-5-7-16/h3-7,12,14-15H,2,8-11,13H2,1H3,(H,23,29). The van der Waals surface area contributed by atoms with Crippen molar-refractivity contribution in [2.75, 3.05) is 16.0 Å². The van der Waals surface area contributed by atoms with E-state index in [4.69, 9.17) is 5.10 Å². The number of aromatic nitrogens is 4. The van der Waals surface area contributed by atoms with Crippen LogP contribution in [0.25, 0.3) is 5.69 Å². The molecule has 5 rings (SSSR count). The molecule has 3 aromatic rings. The van der Waals surface area contributed by atoms with E-state index in [0.717, 1.165) is 37.1 Å². The van der Waals surface area contributed by atoms with Crippen LogP contribution in [0.3, 0.4) is 0 Å². The number of nitrogens with zero attached hydrogens (tertiary/aromatic N) is 5. The van der Waals surface area contributed by atoms with E-state index < -0.39 is 0 Å². The third kappa shape index (κ3) is 4.71. The predicted molar refractivity (Wildman–Crippen MR) is 126 cm³/mol. The van der Waals surface area contributed by atoms with Crippen LogP contribution in [0.1, 0.15) is 50.6 Å². The number of nitrogens with one attached hydrogen (secondary N) is 1. The quantitative estimate of drug-likeness (QED) is 0.373. The molecule has 2 heterocycles. The zero-order valence-corrected chi connectivity index (χ0v) is 19.4. The Morgan fingerprint density at radius 3 is 2.66 bits per heavy atom. The molecule has 32 heavy (non-hydrogen) atoms. The van der Waals surface area contributed by atoms with Crippen LogP contribution in [0.2, 0.25) is 0 Å². The molecule has 2 saturated carbocycles. The number of carbonyl (C=O) groups is 2. The molecule has 0 aliphatic heterocycles. The number of amides is 2. The molecule has 2 aromatic heterocycles. The number of hydrogen-bond donors (Lipinski definition) is 1. The minimum Gasteiger partial charge on any atom is -0.310 e. The molecule has 1 N–H and O–H groups in total. The van der Waals surface area contributed by atoms with Gasteiger partial charge in [0.2, 0.25) is 16.9 Å². The average Bonchev–Trinajstić information content (AvgIpc) is 3.74. The zero-order chi connectivity index (χ0) is 22.1. The minimum atomic E-state index is -0.130. The molecule has 0 atom stereocenters. The Bertz CT molecular complexity index is 1120. The maximum Gasteiger partial charge on any atom is 0.235 e. The lowest BCUT2D eigenvalue weighted by Gasteiger charge is -2.17. The minimum absolute atomic E-state index is 0.0681.